The lowest BCUT2D eigenvalue weighted by atomic mass is 9.73. The van der Waals surface area contributed by atoms with Crippen LogP contribution in [0, 0.1) is 17.3 Å². The number of ether oxygens (including phenoxy) is 1. The van der Waals surface area contributed by atoms with E-state index in [0.717, 1.165) is 21.9 Å². The van der Waals surface area contributed by atoms with Gasteiger partial charge in [0, 0.05) is 18.1 Å². The minimum Gasteiger partial charge on any atom is -0.457 e. The molecule has 34 heavy (non-hydrogen) atoms. The van der Waals surface area contributed by atoms with Crippen molar-refractivity contribution < 1.29 is 24.5 Å². The smallest absolute Gasteiger partial charge is 0.309 e. The highest BCUT2D eigenvalue weighted by atomic mass is 32.2. The van der Waals surface area contributed by atoms with E-state index in [0.29, 0.717) is 12.8 Å². The highest BCUT2D eigenvalue weighted by Gasteiger charge is 2.42. The van der Waals surface area contributed by atoms with Gasteiger partial charge in [-0.05, 0) is 38.7 Å². The van der Waals surface area contributed by atoms with Crippen LogP contribution in [0.3, 0.4) is 0 Å². The third-order valence-corrected chi connectivity index (χ3v) is 7.96. The number of rotatable bonds is 2. The largest absolute Gasteiger partial charge is 0.457 e. The molecule has 0 amide bonds. The van der Waals surface area contributed by atoms with Gasteiger partial charge >= 0.3 is 5.97 Å². The van der Waals surface area contributed by atoms with Crippen LogP contribution in [0.5, 0.6) is 0 Å². The van der Waals surface area contributed by atoms with Gasteiger partial charge in [-0.25, -0.2) is 0 Å². The van der Waals surface area contributed by atoms with E-state index in [1.54, 1.807) is 32.5 Å². The zero-order chi connectivity index (χ0) is 25.6. The quantitative estimate of drug-likeness (QED) is 0.431. The van der Waals surface area contributed by atoms with Crippen molar-refractivity contribution in [3.05, 3.63) is 35.5 Å². The van der Waals surface area contributed by atoms with Crippen molar-refractivity contribution >= 4 is 28.6 Å². The molecule has 0 fully saturated rings. The maximum absolute atomic E-state index is 13.2. The van der Waals surface area contributed by atoms with E-state index in [9.17, 15) is 19.8 Å². The summed E-state index contributed by atoms with van der Waals surface area (Å²) in [5.41, 5.74) is 0.746. The van der Waals surface area contributed by atoms with Gasteiger partial charge in [0.2, 0.25) is 0 Å². The van der Waals surface area contributed by atoms with Crippen molar-refractivity contribution in [1.29, 1.82) is 0 Å². The van der Waals surface area contributed by atoms with Gasteiger partial charge in [-0.15, -0.1) is 11.8 Å². The minimum absolute atomic E-state index is 0.0607. The summed E-state index contributed by atoms with van der Waals surface area (Å²) >= 11 is 1.72. The first-order valence-corrected chi connectivity index (χ1v) is 13.1. The maximum atomic E-state index is 13.2. The van der Waals surface area contributed by atoms with Crippen LogP contribution in [0.15, 0.2) is 40.4 Å². The second-order valence-electron chi connectivity index (χ2n) is 10.3. The van der Waals surface area contributed by atoms with Gasteiger partial charge in [-0.2, -0.15) is 0 Å². The van der Waals surface area contributed by atoms with E-state index in [1.165, 1.54) is 0 Å². The molecule has 2 rings (SSSR count). The number of aliphatic hydroxyl groups excluding tert-OH is 2. The number of nitrogens with zero attached hydrogens (tertiary/aromatic N) is 1. The minimum atomic E-state index is -1.22. The fourth-order valence-corrected chi connectivity index (χ4v) is 5.12. The van der Waals surface area contributed by atoms with Crippen LogP contribution in [-0.2, 0) is 14.3 Å². The maximum Gasteiger partial charge on any atom is 0.309 e. The zero-order valence-corrected chi connectivity index (χ0v) is 22.4. The summed E-state index contributed by atoms with van der Waals surface area (Å²) in [6.07, 6.45) is 6.37. The van der Waals surface area contributed by atoms with Gasteiger partial charge in [0.05, 0.1) is 35.1 Å². The second-order valence-corrected chi connectivity index (χ2v) is 11.5. The SMILES string of the molecule is CC1=NC(/C=C(\C)[C@@H]2C/C=C(C)\C=C\C[C@H](C)[C@H](O)[C@@H](C)C(=O)C(C)(C)[C@@H](O)CC(=O)O2)CS1. The molecule has 0 aromatic carbocycles. The summed E-state index contributed by atoms with van der Waals surface area (Å²) in [6.45, 7) is 12.8. The number of aliphatic imine (C=N–C) groups is 1. The number of ketones is 1. The molecule has 6 nitrogen and oxygen atoms in total. The summed E-state index contributed by atoms with van der Waals surface area (Å²) in [7, 11) is 0. The van der Waals surface area contributed by atoms with Crippen molar-refractivity contribution in [2.45, 2.75) is 92.1 Å². The fourth-order valence-electron chi connectivity index (χ4n) is 4.32. The molecule has 0 aliphatic carbocycles. The number of hydrogen-bond acceptors (Lipinski definition) is 7. The second kappa shape index (κ2) is 12.3. The Morgan fingerprint density at radius 1 is 1.21 bits per heavy atom. The summed E-state index contributed by atoms with van der Waals surface area (Å²) in [4.78, 5) is 30.6. The highest BCUT2D eigenvalue weighted by Crippen LogP contribution is 2.32. The Bertz CT molecular complexity index is 872. The summed E-state index contributed by atoms with van der Waals surface area (Å²) in [5.74, 6) is -0.737. The standard InChI is InChI=1S/C27H41NO5S/c1-16-9-8-10-17(2)25(31)19(4)26(32)27(6,7)23(29)14-24(30)33-22(12-11-16)18(3)13-21-15-34-20(5)28-21/h8-9,11,13,17,19,21-23,25,29,31H,10,12,14-15H2,1-7H3/b9-8+,16-11-,18-13+/t17-,19+,21?,22-,23-,25-/m0/s1. The van der Waals surface area contributed by atoms with E-state index in [1.807, 2.05) is 52.0 Å². The molecule has 0 aromatic heterocycles. The van der Waals surface area contributed by atoms with Crippen molar-refractivity contribution in [2.24, 2.45) is 22.2 Å². The highest BCUT2D eigenvalue weighted by molar-refractivity contribution is 8.14. The predicted octanol–water partition coefficient (Wildman–Crippen LogP) is 4.65. The number of esters is 1. The van der Waals surface area contributed by atoms with E-state index in [4.69, 9.17) is 4.74 Å². The van der Waals surface area contributed by atoms with Crippen LogP contribution >= 0.6 is 11.8 Å². The molecule has 2 aliphatic rings. The molecular formula is C27H41NO5S. The first kappa shape index (κ1) is 28.5. The van der Waals surface area contributed by atoms with Gasteiger partial charge in [-0.1, -0.05) is 57.6 Å². The molecule has 0 saturated carbocycles. The Morgan fingerprint density at radius 3 is 2.50 bits per heavy atom. The molecule has 2 heterocycles. The zero-order valence-electron chi connectivity index (χ0n) is 21.6. The molecule has 0 aromatic rings. The average Bonchev–Trinajstić information content (AvgIpc) is 3.18. The molecule has 190 valence electrons. The van der Waals surface area contributed by atoms with Gasteiger partial charge in [0.1, 0.15) is 11.9 Å². The number of aliphatic hydroxyl groups is 2. The van der Waals surface area contributed by atoms with Gasteiger partial charge in [-0.3, -0.25) is 14.6 Å². The lowest BCUT2D eigenvalue weighted by molar-refractivity contribution is -0.154. The summed E-state index contributed by atoms with van der Waals surface area (Å²) in [5, 5.41) is 22.6. The lowest BCUT2D eigenvalue weighted by Crippen LogP contribution is -2.45. The normalized spacial score (nSPS) is 36.9. The number of Topliss-reactive ketones (excluding diaryl/α,β-unsaturated/α-hetero) is 1. The van der Waals surface area contributed by atoms with Crippen LogP contribution in [0.4, 0.5) is 0 Å². The molecule has 2 aliphatic heterocycles. The van der Waals surface area contributed by atoms with Crippen molar-refractivity contribution in [3.8, 4) is 0 Å². The van der Waals surface area contributed by atoms with E-state index in [2.05, 4.69) is 4.99 Å². The van der Waals surface area contributed by atoms with Crippen LogP contribution < -0.4 is 0 Å². The Hall–Kier alpha value is -1.70. The van der Waals surface area contributed by atoms with Gasteiger partial charge in [0.15, 0.2) is 0 Å². The molecule has 6 atom stereocenters. The molecule has 1 unspecified atom stereocenters. The van der Waals surface area contributed by atoms with Crippen molar-refractivity contribution in [2.75, 3.05) is 5.75 Å². The Kier molecular flexibility index (Phi) is 10.3. The number of cyclic esters (lactones) is 1. The molecule has 0 radical (unpaired) electrons. The molecule has 0 bridgehead atoms. The Balaban J connectivity index is 2.34. The first-order chi connectivity index (χ1) is 15.8. The van der Waals surface area contributed by atoms with Gasteiger partial charge < -0.3 is 14.9 Å². The van der Waals surface area contributed by atoms with Crippen molar-refractivity contribution in [1.82, 2.24) is 0 Å². The predicted molar refractivity (Wildman–Crippen MR) is 139 cm³/mol. The van der Waals surface area contributed by atoms with E-state index in [-0.39, 0.29) is 24.2 Å². The topological polar surface area (TPSA) is 96.2 Å². The molecule has 0 spiro atoms. The Labute approximate surface area is 208 Å². The first-order valence-electron chi connectivity index (χ1n) is 12.1. The van der Waals surface area contributed by atoms with Gasteiger partial charge in [0.25, 0.3) is 0 Å². The number of thioether (sulfide) groups is 1. The third-order valence-electron chi connectivity index (χ3n) is 6.93. The monoisotopic (exact) mass is 491 g/mol. The average molecular weight is 492 g/mol. The molecule has 0 saturated heterocycles. The lowest BCUT2D eigenvalue weighted by Gasteiger charge is -2.34. The van der Waals surface area contributed by atoms with Crippen LogP contribution in [0.1, 0.15) is 67.7 Å². The van der Waals surface area contributed by atoms with Crippen LogP contribution in [-0.4, -0.2) is 57.1 Å². The number of carbonyl (C=O) groups is 2. The third kappa shape index (κ3) is 7.65. The summed E-state index contributed by atoms with van der Waals surface area (Å²) in [6, 6.07) is 0.0607. The molecule has 2 N–H and O–H groups in total. The van der Waals surface area contributed by atoms with Crippen molar-refractivity contribution in [3.63, 3.8) is 0 Å². The van der Waals surface area contributed by atoms with Crippen LogP contribution in [0.25, 0.3) is 0 Å². The number of hydrogen-bond donors (Lipinski definition) is 2. The number of allylic oxidation sites excluding steroid dienone is 3. The van der Waals surface area contributed by atoms with E-state index < -0.39 is 35.6 Å². The number of carbonyl (C=O) groups excluding carboxylic acids is 2. The van der Waals surface area contributed by atoms with Crippen LogP contribution in [0.2, 0.25) is 0 Å². The molecular weight excluding hydrogens is 450 g/mol. The Morgan fingerprint density at radius 2 is 1.88 bits per heavy atom. The summed E-state index contributed by atoms with van der Waals surface area (Å²) < 4.78 is 5.81. The van der Waals surface area contributed by atoms with E-state index >= 15 is 0 Å². The fraction of sp³-hybridized carbons (Fsp3) is 0.667. The molecule has 7 heteroatoms.